The van der Waals surface area contributed by atoms with E-state index >= 15 is 0 Å². The predicted molar refractivity (Wildman–Crippen MR) is 81.3 cm³/mol. The summed E-state index contributed by atoms with van der Waals surface area (Å²) >= 11 is 0. The number of aliphatic hydroxyl groups is 1. The number of hydrogen-bond donors (Lipinski definition) is 1. The van der Waals surface area contributed by atoms with Crippen LogP contribution in [0.2, 0.25) is 0 Å². The van der Waals surface area contributed by atoms with Gasteiger partial charge in [0.05, 0.1) is 12.0 Å². The first-order valence-electron chi connectivity index (χ1n) is 7.68. The molecular formula is C17H28O3. The first-order chi connectivity index (χ1) is 9.56. The molecule has 0 aromatic rings. The number of carbonyl (C=O) groups excluding carboxylic acids is 1. The molecule has 0 saturated carbocycles. The minimum atomic E-state index is -0.596. The zero-order valence-corrected chi connectivity index (χ0v) is 12.7. The third-order valence-electron chi connectivity index (χ3n) is 4.35. The second-order valence-corrected chi connectivity index (χ2v) is 5.94. The minimum Gasteiger partial charge on any atom is -0.458 e. The van der Waals surface area contributed by atoms with Crippen LogP contribution in [0.25, 0.3) is 0 Å². The van der Waals surface area contributed by atoms with Crippen molar-refractivity contribution < 1.29 is 14.6 Å². The number of ether oxygens (including phenoxy) is 1. The minimum absolute atomic E-state index is 0.0796. The Labute approximate surface area is 122 Å². The third-order valence-corrected chi connectivity index (χ3v) is 4.35. The topological polar surface area (TPSA) is 46.5 Å². The smallest absolute Gasteiger partial charge is 0.334 e. The molecule has 0 spiro atoms. The summed E-state index contributed by atoms with van der Waals surface area (Å²) in [5, 5.41) is 9.51. The maximum absolute atomic E-state index is 11.6. The number of rotatable bonds is 10. The molecular weight excluding hydrogens is 252 g/mol. The molecule has 1 heterocycles. The molecule has 0 unspecified atom stereocenters. The van der Waals surface area contributed by atoms with E-state index in [4.69, 9.17) is 4.74 Å². The van der Waals surface area contributed by atoms with Crippen molar-refractivity contribution in [2.24, 2.45) is 5.41 Å². The van der Waals surface area contributed by atoms with Crippen molar-refractivity contribution in [2.75, 3.05) is 6.61 Å². The molecule has 2 atom stereocenters. The highest BCUT2D eigenvalue weighted by molar-refractivity contribution is 5.92. The summed E-state index contributed by atoms with van der Waals surface area (Å²) in [5.74, 6) is -0.351. The van der Waals surface area contributed by atoms with E-state index in [1.54, 1.807) is 0 Å². The number of allylic oxidation sites excluding steroid dienone is 1. The van der Waals surface area contributed by atoms with E-state index in [-0.39, 0.29) is 18.7 Å². The van der Waals surface area contributed by atoms with Crippen LogP contribution in [0.4, 0.5) is 0 Å². The van der Waals surface area contributed by atoms with Gasteiger partial charge in [-0.25, -0.2) is 4.79 Å². The lowest BCUT2D eigenvalue weighted by molar-refractivity contribution is -0.140. The molecule has 114 valence electrons. The quantitative estimate of drug-likeness (QED) is 0.287. The Morgan fingerprint density at radius 3 is 2.45 bits per heavy atom. The average molecular weight is 280 g/mol. The van der Waals surface area contributed by atoms with Crippen LogP contribution >= 0.6 is 0 Å². The number of unbranched alkanes of at least 4 members (excludes halogenated alkanes) is 6. The van der Waals surface area contributed by atoms with Gasteiger partial charge in [0.1, 0.15) is 6.10 Å². The predicted octanol–water partition coefficient (Wildman–Crippen LogP) is 3.77. The summed E-state index contributed by atoms with van der Waals surface area (Å²) in [4.78, 5) is 11.6. The number of aliphatic hydroxyl groups excluding tert-OH is 1. The summed E-state index contributed by atoms with van der Waals surface area (Å²) in [5.41, 5.74) is -0.185. The van der Waals surface area contributed by atoms with E-state index in [0.29, 0.717) is 5.57 Å². The van der Waals surface area contributed by atoms with Gasteiger partial charge in [-0.3, -0.25) is 0 Å². The molecule has 0 amide bonds. The number of carbonyl (C=O) groups is 1. The highest BCUT2D eigenvalue weighted by Gasteiger charge is 2.48. The zero-order valence-electron chi connectivity index (χ0n) is 12.7. The van der Waals surface area contributed by atoms with Gasteiger partial charge < -0.3 is 9.84 Å². The number of hydrogen-bond acceptors (Lipinski definition) is 3. The molecule has 1 rings (SSSR count). The Kier molecular flexibility index (Phi) is 7.00. The third kappa shape index (κ3) is 4.20. The van der Waals surface area contributed by atoms with Crippen molar-refractivity contribution >= 4 is 5.97 Å². The Balaban J connectivity index is 2.20. The molecule has 0 aromatic heterocycles. The van der Waals surface area contributed by atoms with Crippen LogP contribution in [-0.2, 0) is 9.53 Å². The van der Waals surface area contributed by atoms with Gasteiger partial charge in [0.15, 0.2) is 0 Å². The molecule has 1 N–H and O–H groups in total. The fourth-order valence-corrected chi connectivity index (χ4v) is 2.66. The van der Waals surface area contributed by atoms with Crippen molar-refractivity contribution in [3.8, 4) is 0 Å². The first kappa shape index (κ1) is 17.0. The Bertz CT molecular complexity index is 348. The van der Waals surface area contributed by atoms with Crippen LogP contribution in [-0.4, -0.2) is 23.8 Å². The Morgan fingerprint density at radius 2 is 1.85 bits per heavy atom. The van der Waals surface area contributed by atoms with Crippen molar-refractivity contribution in [1.82, 2.24) is 0 Å². The molecule has 0 radical (unpaired) electrons. The fourth-order valence-electron chi connectivity index (χ4n) is 2.66. The van der Waals surface area contributed by atoms with E-state index in [1.165, 1.54) is 25.7 Å². The maximum Gasteiger partial charge on any atom is 0.334 e. The summed E-state index contributed by atoms with van der Waals surface area (Å²) in [6, 6.07) is 0. The SMILES string of the molecule is C=CCCCCCCCC[C@H]1OC(=O)C(=C)[C@]1(C)CO. The molecule has 1 fully saturated rings. The van der Waals surface area contributed by atoms with Gasteiger partial charge in [-0.2, -0.15) is 0 Å². The summed E-state index contributed by atoms with van der Waals surface area (Å²) in [7, 11) is 0. The van der Waals surface area contributed by atoms with Gasteiger partial charge >= 0.3 is 5.97 Å². The van der Waals surface area contributed by atoms with Crippen LogP contribution < -0.4 is 0 Å². The van der Waals surface area contributed by atoms with Gasteiger partial charge in [-0.15, -0.1) is 6.58 Å². The van der Waals surface area contributed by atoms with Crippen LogP contribution in [0.15, 0.2) is 24.8 Å². The molecule has 0 bridgehead atoms. The second kappa shape index (κ2) is 8.25. The molecule has 1 aliphatic heterocycles. The molecule has 0 aliphatic carbocycles. The van der Waals surface area contributed by atoms with Crippen molar-refractivity contribution in [3.63, 3.8) is 0 Å². The Hall–Kier alpha value is -1.09. The first-order valence-corrected chi connectivity index (χ1v) is 7.68. The van der Waals surface area contributed by atoms with Gasteiger partial charge in [-0.05, 0) is 32.6 Å². The molecule has 0 aromatic carbocycles. The van der Waals surface area contributed by atoms with Gasteiger partial charge in [0.25, 0.3) is 0 Å². The lowest BCUT2D eigenvalue weighted by atomic mass is 9.78. The van der Waals surface area contributed by atoms with Gasteiger partial charge in [-0.1, -0.05) is 38.3 Å². The van der Waals surface area contributed by atoms with E-state index in [1.807, 2.05) is 13.0 Å². The summed E-state index contributed by atoms with van der Waals surface area (Å²) < 4.78 is 5.33. The van der Waals surface area contributed by atoms with Crippen LogP contribution in [0.5, 0.6) is 0 Å². The molecule has 1 aliphatic rings. The van der Waals surface area contributed by atoms with Crippen LogP contribution in [0.1, 0.15) is 58.3 Å². The van der Waals surface area contributed by atoms with E-state index in [0.717, 1.165) is 25.7 Å². The highest BCUT2D eigenvalue weighted by Crippen LogP contribution is 2.41. The Morgan fingerprint density at radius 1 is 1.25 bits per heavy atom. The lowest BCUT2D eigenvalue weighted by Gasteiger charge is -2.26. The monoisotopic (exact) mass is 280 g/mol. The van der Waals surface area contributed by atoms with Gasteiger partial charge in [0.2, 0.25) is 0 Å². The summed E-state index contributed by atoms with van der Waals surface area (Å²) in [6.07, 6.45) is 10.8. The van der Waals surface area contributed by atoms with Gasteiger partial charge in [0, 0.05) is 5.57 Å². The van der Waals surface area contributed by atoms with Crippen LogP contribution in [0, 0.1) is 5.41 Å². The fraction of sp³-hybridized carbons (Fsp3) is 0.706. The number of cyclic esters (lactones) is 1. The van der Waals surface area contributed by atoms with E-state index in [9.17, 15) is 9.90 Å². The highest BCUT2D eigenvalue weighted by atomic mass is 16.6. The van der Waals surface area contributed by atoms with Crippen molar-refractivity contribution in [3.05, 3.63) is 24.8 Å². The van der Waals surface area contributed by atoms with Crippen LogP contribution in [0.3, 0.4) is 0 Å². The molecule has 20 heavy (non-hydrogen) atoms. The lowest BCUT2D eigenvalue weighted by Crippen LogP contribution is -2.32. The molecule has 1 saturated heterocycles. The standard InChI is InChI=1S/C17H28O3/c1-4-5-6-7-8-9-10-11-12-15-17(3,13-18)14(2)16(19)20-15/h4,15,18H,1-2,5-13H2,3H3/t15-,17+/m1/s1. The molecule has 3 heteroatoms. The largest absolute Gasteiger partial charge is 0.458 e. The zero-order chi connectivity index (χ0) is 15.0. The average Bonchev–Trinajstić information content (AvgIpc) is 2.67. The van der Waals surface area contributed by atoms with Crippen molar-refractivity contribution in [1.29, 1.82) is 0 Å². The second-order valence-electron chi connectivity index (χ2n) is 5.94. The van der Waals surface area contributed by atoms with E-state index in [2.05, 4.69) is 13.2 Å². The maximum atomic E-state index is 11.6. The molecule has 3 nitrogen and oxygen atoms in total. The number of esters is 1. The summed E-state index contributed by atoms with van der Waals surface area (Å²) in [6.45, 7) is 9.25. The normalized spacial score (nSPS) is 25.8. The van der Waals surface area contributed by atoms with E-state index < -0.39 is 5.41 Å². The van der Waals surface area contributed by atoms with Crippen molar-refractivity contribution in [2.45, 2.75) is 64.4 Å².